The first-order chi connectivity index (χ1) is 6.86. The topological polar surface area (TPSA) is 29.5 Å². The zero-order valence-electron chi connectivity index (χ0n) is 8.65. The molecule has 0 aromatic carbocycles. The molecule has 0 N–H and O–H groups in total. The van der Waals surface area contributed by atoms with Crippen molar-refractivity contribution in [3.05, 3.63) is 12.7 Å². The molecule has 1 aliphatic rings. The summed E-state index contributed by atoms with van der Waals surface area (Å²) in [5.41, 5.74) is 0. The molecule has 1 amide bonds. The fraction of sp³-hybridized carbons (Fsp3) is 0.727. The van der Waals surface area contributed by atoms with E-state index in [2.05, 4.69) is 6.58 Å². The smallest absolute Gasteiger partial charge is 0.209 e. The lowest BCUT2D eigenvalue weighted by atomic mass is 10.2. The van der Waals surface area contributed by atoms with Crippen LogP contribution >= 0.6 is 0 Å². The molecule has 1 rings (SSSR count). The first kappa shape index (κ1) is 11.2. The summed E-state index contributed by atoms with van der Waals surface area (Å²) in [5, 5.41) is 0. The van der Waals surface area contributed by atoms with Crippen LogP contribution in [0.2, 0.25) is 0 Å². The van der Waals surface area contributed by atoms with Gasteiger partial charge in [-0.1, -0.05) is 6.08 Å². The van der Waals surface area contributed by atoms with Crippen molar-refractivity contribution in [2.45, 2.75) is 31.8 Å². The van der Waals surface area contributed by atoms with Gasteiger partial charge < -0.3 is 9.64 Å². The first-order valence-electron chi connectivity index (χ1n) is 5.28. The van der Waals surface area contributed by atoms with Crippen molar-refractivity contribution in [1.82, 2.24) is 4.90 Å². The first-order valence-corrected chi connectivity index (χ1v) is 5.28. The minimum absolute atomic E-state index is 0.268. The molecule has 1 fully saturated rings. The van der Waals surface area contributed by atoms with E-state index in [9.17, 15) is 4.79 Å². The monoisotopic (exact) mass is 197 g/mol. The highest BCUT2D eigenvalue weighted by Gasteiger charge is 2.20. The van der Waals surface area contributed by atoms with Gasteiger partial charge in [-0.2, -0.15) is 0 Å². The highest BCUT2D eigenvalue weighted by atomic mass is 16.5. The fourth-order valence-corrected chi connectivity index (χ4v) is 1.63. The number of ether oxygens (including phenoxy) is 1. The Morgan fingerprint density at radius 3 is 3.00 bits per heavy atom. The summed E-state index contributed by atoms with van der Waals surface area (Å²) >= 11 is 0. The molecule has 1 atom stereocenters. The van der Waals surface area contributed by atoms with E-state index in [4.69, 9.17) is 4.74 Å². The van der Waals surface area contributed by atoms with Crippen molar-refractivity contribution in [1.29, 1.82) is 0 Å². The van der Waals surface area contributed by atoms with Gasteiger partial charge >= 0.3 is 0 Å². The second-order valence-electron chi connectivity index (χ2n) is 3.67. The van der Waals surface area contributed by atoms with E-state index in [0.29, 0.717) is 0 Å². The second kappa shape index (κ2) is 6.60. The van der Waals surface area contributed by atoms with Crippen LogP contribution in [0.3, 0.4) is 0 Å². The number of hydrogen-bond donors (Lipinski definition) is 0. The number of amides is 1. The predicted molar refractivity (Wildman–Crippen MR) is 56.0 cm³/mol. The normalized spacial score (nSPS) is 21.1. The lowest BCUT2D eigenvalue weighted by molar-refractivity contribution is -0.117. The summed E-state index contributed by atoms with van der Waals surface area (Å²) in [4.78, 5) is 12.2. The number of nitrogens with zero attached hydrogens (tertiary/aromatic N) is 1. The molecule has 3 nitrogen and oxygen atoms in total. The molecular formula is C11H19NO2. The molecule has 1 saturated heterocycles. The molecule has 0 aromatic heterocycles. The zero-order valence-corrected chi connectivity index (χ0v) is 8.65. The Morgan fingerprint density at radius 1 is 1.50 bits per heavy atom. The van der Waals surface area contributed by atoms with E-state index in [1.807, 2.05) is 6.08 Å². The fourth-order valence-electron chi connectivity index (χ4n) is 1.63. The van der Waals surface area contributed by atoms with Crippen LogP contribution in [0.15, 0.2) is 12.7 Å². The van der Waals surface area contributed by atoms with Crippen molar-refractivity contribution in [3.8, 4) is 0 Å². The van der Waals surface area contributed by atoms with Gasteiger partial charge in [0.15, 0.2) is 0 Å². The molecular weight excluding hydrogens is 178 g/mol. The molecule has 0 aromatic rings. The average Bonchev–Trinajstić information content (AvgIpc) is 2.65. The number of carbonyl (C=O) groups is 1. The van der Waals surface area contributed by atoms with Crippen LogP contribution in [0.5, 0.6) is 0 Å². The van der Waals surface area contributed by atoms with Crippen LogP contribution in [0.25, 0.3) is 0 Å². The van der Waals surface area contributed by atoms with Crippen LogP contribution in [-0.4, -0.2) is 37.1 Å². The zero-order chi connectivity index (χ0) is 10.2. The molecule has 1 aliphatic heterocycles. The Balaban J connectivity index is 1.97. The number of rotatable bonds is 7. The predicted octanol–water partition coefficient (Wildman–Crippen LogP) is 1.59. The SMILES string of the molecule is C=CCCCCO[C@@H]1CCN(C=O)C1. The lowest BCUT2D eigenvalue weighted by Gasteiger charge is -2.11. The van der Waals surface area contributed by atoms with Gasteiger partial charge in [-0.15, -0.1) is 6.58 Å². The van der Waals surface area contributed by atoms with Gasteiger partial charge in [0, 0.05) is 19.7 Å². The Kier molecular flexibility index (Phi) is 5.30. The third kappa shape index (κ3) is 3.92. The highest BCUT2D eigenvalue weighted by molar-refractivity contribution is 5.47. The third-order valence-corrected chi connectivity index (χ3v) is 2.48. The Bertz CT molecular complexity index is 182. The van der Waals surface area contributed by atoms with Crippen LogP contribution in [0.4, 0.5) is 0 Å². The summed E-state index contributed by atoms with van der Waals surface area (Å²) in [6, 6.07) is 0. The van der Waals surface area contributed by atoms with Gasteiger partial charge in [0.05, 0.1) is 6.10 Å². The molecule has 80 valence electrons. The molecule has 0 bridgehead atoms. The number of carbonyl (C=O) groups excluding carboxylic acids is 1. The van der Waals surface area contributed by atoms with E-state index in [1.165, 1.54) is 0 Å². The van der Waals surface area contributed by atoms with Gasteiger partial charge in [-0.05, 0) is 25.7 Å². The maximum Gasteiger partial charge on any atom is 0.209 e. The molecule has 0 spiro atoms. The summed E-state index contributed by atoms with van der Waals surface area (Å²) < 4.78 is 5.65. The maximum absolute atomic E-state index is 10.4. The second-order valence-corrected chi connectivity index (χ2v) is 3.67. The number of unbranched alkanes of at least 4 members (excludes halogenated alkanes) is 2. The molecule has 0 aliphatic carbocycles. The van der Waals surface area contributed by atoms with Gasteiger partial charge in [-0.25, -0.2) is 0 Å². The van der Waals surface area contributed by atoms with Crippen molar-refractivity contribution in [2.24, 2.45) is 0 Å². The largest absolute Gasteiger partial charge is 0.376 e. The summed E-state index contributed by atoms with van der Waals surface area (Å²) in [5.74, 6) is 0. The number of hydrogen-bond acceptors (Lipinski definition) is 2. The standard InChI is InChI=1S/C11H19NO2/c1-2-3-4-5-8-14-11-6-7-12(9-11)10-13/h2,10-11H,1,3-9H2/t11-/m1/s1. The van der Waals surface area contributed by atoms with E-state index in [0.717, 1.165) is 51.8 Å². The van der Waals surface area contributed by atoms with Crippen molar-refractivity contribution in [2.75, 3.05) is 19.7 Å². The number of allylic oxidation sites excluding steroid dienone is 1. The third-order valence-electron chi connectivity index (χ3n) is 2.48. The van der Waals surface area contributed by atoms with Crippen LogP contribution in [-0.2, 0) is 9.53 Å². The van der Waals surface area contributed by atoms with E-state index in [-0.39, 0.29) is 6.10 Å². The van der Waals surface area contributed by atoms with E-state index in [1.54, 1.807) is 4.90 Å². The highest BCUT2D eigenvalue weighted by Crippen LogP contribution is 2.11. The maximum atomic E-state index is 10.4. The summed E-state index contributed by atoms with van der Waals surface area (Å²) in [7, 11) is 0. The Hall–Kier alpha value is -0.830. The molecule has 0 unspecified atom stereocenters. The summed E-state index contributed by atoms with van der Waals surface area (Å²) in [6.45, 7) is 6.10. The lowest BCUT2D eigenvalue weighted by Crippen LogP contribution is -2.21. The van der Waals surface area contributed by atoms with Crippen LogP contribution in [0.1, 0.15) is 25.7 Å². The molecule has 3 heteroatoms. The molecule has 0 radical (unpaired) electrons. The molecule has 1 heterocycles. The minimum Gasteiger partial charge on any atom is -0.376 e. The number of likely N-dealkylation sites (tertiary alicyclic amines) is 1. The average molecular weight is 197 g/mol. The van der Waals surface area contributed by atoms with Gasteiger partial charge in [0.2, 0.25) is 6.41 Å². The van der Waals surface area contributed by atoms with E-state index >= 15 is 0 Å². The van der Waals surface area contributed by atoms with Gasteiger partial charge in [0.25, 0.3) is 0 Å². The van der Waals surface area contributed by atoms with Crippen LogP contribution in [0, 0.1) is 0 Å². The minimum atomic E-state index is 0.268. The van der Waals surface area contributed by atoms with Crippen molar-refractivity contribution < 1.29 is 9.53 Å². The van der Waals surface area contributed by atoms with Gasteiger partial charge in [0.1, 0.15) is 0 Å². The van der Waals surface area contributed by atoms with Crippen molar-refractivity contribution >= 4 is 6.41 Å². The Labute approximate surface area is 85.7 Å². The quantitative estimate of drug-likeness (QED) is 0.352. The molecule has 14 heavy (non-hydrogen) atoms. The van der Waals surface area contributed by atoms with E-state index < -0.39 is 0 Å². The van der Waals surface area contributed by atoms with Crippen LogP contribution < -0.4 is 0 Å². The molecule has 0 saturated carbocycles. The van der Waals surface area contributed by atoms with Crippen molar-refractivity contribution in [3.63, 3.8) is 0 Å². The van der Waals surface area contributed by atoms with Gasteiger partial charge in [-0.3, -0.25) is 4.79 Å². The summed E-state index contributed by atoms with van der Waals surface area (Å²) in [6.07, 6.45) is 7.39. The Morgan fingerprint density at radius 2 is 2.36 bits per heavy atom.